The summed E-state index contributed by atoms with van der Waals surface area (Å²) in [5.74, 6) is 0. The van der Waals surface area contributed by atoms with E-state index in [9.17, 15) is 13.2 Å². The molecule has 0 amide bonds. The normalized spacial score (nSPS) is 11.1. The van der Waals surface area contributed by atoms with Gasteiger partial charge >= 0.3 is 0 Å². The predicted octanol–water partition coefficient (Wildman–Crippen LogP) is 1.12. The maximum Gasteiger partial charge on any atom is 0.227 e. The Kier molecular flexibility index (Phi) is 2.54. The molecule has 0 saturated carbocycles. The molecule has 1 aromatic rings. The molecule has 0 aliphatic rings. The van der Waals surface area contributed by atoms with Crippen molar-refractivity contribution in [2.75, 3.05) is 0 Å². The third-order valence-corrected chi connectivity index (χ3v) is 2.81. The Bertz CT molecular complexity index is 378. The summed E-state index contributed by atoms with van der Waals surface area (Å²) in [6.07, 6.45) is 0.648. The molecule has 5 heteroatoms. The first-order chi connectivity index (χ1) is 5.54. The first kappa shape index (κ1) is 9.28. The van der Waals surface area contributed by atoms with E-state index in [1.165, 1.54) is 24.3 Å². The summed E-state index contributed by atoms with van der Waals surface area (Å²) >= 11 is 3.39. The summed E-state index contributed by atoms with van der Waals surface area (Å²) in [4.78, 5) is 10.3. The molecule has 12 heavy (non-hydrogen) atoms. The minimum Gasteiger partial charge on any atom is -0.298 e. The first-order valence-corrected chi connectivity index (χ1v) is 5.60. The number of rotatable bonds is 2. The van der Waals surface area contributed by atoms with E-state index in [1.54, 1.807) is 0 Å². The first-order valence-electron chi connectivity index (χ1n) is 3.07. The molecule has 0 heterocycles. The third kappa shape index (κ3) is 2.09. The van der Waals surface area contributed by atoms with Crippen LogP contribution in [0.5, 0.6) is 0 Å². The van der Waals surface area contributed by atoms with Crippen molar-refractivity contribution in [2.45, 2.75) is 4.90 Å². The SMILES string of the molecule is O=Cc1ccc(S(=O)(=O)S)cc1. The molecule has 64 valence electrons. The van der Waals surface area contributed by atoms with Crippen molar-refractivity contribution in [3.63, 3.8) is 0 Å². The van der Waals surface area contributed by atoms with E-state index in [0.717, 1.165) is 0 Å². The van der Waals surface area contributed by atoms with Gasteiger partial charge in [0.25, 0.3) is 0 Å². The summed E-state index contributed by atoms with van der Waals surface area (Å²) in [5, 5.41) is 0. The molecule has 0 fully saturated rings. The molecule has 0 aliphatic carbocycles. The lowest BCUT2D eigenvalue weighted by Gasteiger charge is -1.95. The van der Waals surface area contributed by atoms with Gasteiger partial charge in [0.1, 0.15) is 6.29 Å². The summed E-state index contributed by atoms with van der Waals surface area (Å²) in [6.45, 7) is 0. The van der Waals surface area contributed by atoms with Crippen molar-refractivity contribution in [3.8, 4) is 0 Å². The van der Waals surface area contributed by atoms with Crippen LogP contribution in [0.3, 0.4) is 0 Å². The number of aldehydes is 1. The van der Waals surface area contributed by atoms with Crippen molar-refractivity contribution < 1.29 is 13.2 Å². The van der Waals surface area contributed by atoms with E-state index >= 15 is 0 Å². The molecule has 0 bridgehead atoms. The average Bonchev–Trinajstić information content (AvgIpc) is 2.03. The fraction of sp³-hybridized carbons (Fsp3) is 0. The summed E-state index contributed by atoms with van der Waals surface area (Å²) in [6, 6.07) is 5.53. The highest BCUT2D eigenvalue weighted by Gasteiger charge is 2.06. The summed E-state index contributed by atoms with van der Waals surface area (Å²) in [7, 11) is -3.45. The second kappa shape index (κ2) is 3.28. The van der Waals surface area contributed by atoms with Crippen LogP contribution >= 0.6 is 11.7 Å². The molecule has 0 spiro atoms. The minimum atomic E-state index is -3.45. The Morgan fingerprint density at radius 3 is 2.00 bits per heavy atom. The fourth-order valence-corrected chi connectivity index (χ4v) is 1.56. The van der Waals surface area contributed by atoms with E-state index in [-0.39, 0.29) is 4.90 Å². The van der Waals surface area contributed by atoms with Crippen LogP contribution in [-0.4, -0.2) is 14.7 Å². The maximum absolute atomic E-state index is 10.8. The van der Waals surface area contributed by atoms with Gasteiger partial charge in [-0.05, 0) is 23.8 Å². The summed E-state index contributed by atoms with van der Waals surface area (Å²) < 4.78 is 21.6. The highest BCUT2D eigenvalue weighted by atomic mass is 33.1. The number of thiol groups is 1. The van der Waals surface area contributed by atoms with Gasteiger partial charge in [0, 0.05) is 5.56 Å². The zero-order chi connectivity index (χ0) is 9.19. The Labute approximate surface area is 75.1 Å². The van der Waals surface area contributed by atoms with E-state index in [4.69, 9.17) is 0 Å². The lowest BCUT2D eigenvalue weighted by atomic mass is 10.2. The van der Waals surface area contributed by atoms with Gasteiger partial charge in [-0.1, -0.05) is 12.1 Å². The van der Waals surface area contributed by atoms with Gasteiger partial charge in [-0.3, -0.25) is 4.79 Å². The maximum atomic E-state index is 10.8. The van der Waals surface area contributed by atoms with Crippen LogP contribution in [0.15, 0.2) is 29.2 Å². The van der Waals surface area contributed by atoms with Crippen molar-refractivity contribution in [2.24, 2.45) is 0 Å². The van der Waals surface area contributed by atoms with Gasteiger partial charge in [0.15, 0.2) is 0 Å². The summed E-state index contributed by atoms with van der Waals surface area (Å²) in [5.41, 5.74) is 0.440. The largest absolute Gasteiger partial charge is 0.298 e. The van der Waals surface area contributed by atoms with Crippen molar-refractivity contribution >= 4 is 26.8 Å². The van der Waals surface area contributed by atoms with Crippen molar-refractivity contribution in [3.05, 3.63) is 29.8 Å². The molecule has 1 aromatic carbocycles. The zero-order valence-electron chi connectivity index (χ0n) is 5.97. The molecular weight excluding hydrogens is 196 g/mol. The third-order valence-electron chi connectivity index (χ3n) is 1.31. The lowest BCUT2D eigenvalue weighted by Crippen LogP contribution is -1.90. The van der Waals surface area contributed by atoms with Crippen LogP contribution in [-0.2, 0) is 8.87 Å². The van der Waals surface area contributed by atoms with Crippen LogP contribution in [0.4, 0.5) is 0 Å². The Morgan fingerprint density at radius 1 is 1.17 bits per heavy atom. The number of benzene rings is 1. The number of hydrogen-bond donors (Lipinski definition) is 1. The molecule has 3 nitrogen and oxygen atoms in total. The lowest BCUT2D eigenvalue weighted by molar-refractivity contribution is 0.112. The highest BCUT2D eigenvalue weighted by Crippen LogP contribution is 2.13. The molecule has 0 unspecified atom stereocenters. The second-order valence-corrected chi connectivity index (χ2v) is 5.03. The van der Waals surface area contributed by atoms with Crippen LogP contribution in [0.25, 0.3) is 0 Å². The van der Waals surface area contributed by atoms with E-state index in [2.05, 4.69) is 11.7 Å². The Morgan fingerprint density at radius 2 is 1.67 bits per heavy atom. The molecule has 0 atom stereocenters. The Hall–Kier alpha value is -0.810. The molecule has 0 aliphatic heterocycles. The van der Waals surface area contributed by atoms with Crippen molar-refractivity contribution in [1.29, 1.82) is 0 Å². The quantitative estimate of drug-likeness (QED) is 0.444. The fourth-order valence-electron chi connectivity index (χ4n) is 0.718. The van der Waals surface area contributed by atoms with Crippen LogP contribution < -0.4 is 0 Å². The topological polar surface area (TPSA) is 51.2 Å². The van der Waals surface area contributed by atoms with Gasteiger partial charge in [-0.2, -0.15) is 0 Å². The average molecular weight is 202 g/mol. The van der Waals surface area contributed by atoms with E-state index in [0.29, 0.717) is 11.8 Å². The van der Waals surface area contributed by atoms with Gasteiger partial charge in [0.05, 0.1) is 4.90 Å². The van der Waals surface area contributed by atoms with E-state index in [1.807, 2.05) is 0 Å². The monoisotopic (exact) mass is 202 g/mol. The molecule has 0 saturated heterocycles. The highest BCUT2D eigenvalue weighted by molar-refractivity contribution is 8.63. The second-order valence-electron chi connectivity index (χ2n) is 2.16. The molecule has 1 rings (SSSR count). The van der Waals surface area contributed by atoms with Crippen LogP contribution in [0.1, 0.15) is 10.4 Å². The van der Waals surface area contributed by atoms with Crippen LogP contribution in [0, 0.1) is 0 Å². The Balaban J connectivity index is 3.17. The molecular formula is C7H6O3S2. The minimum absolute atomic E-state index is 0.0939. The number of carbonyl (C=O) groups is 1. The number of hydrogen-bond acceptors (Lipinski definition) is 3. The van der Waals surface area contributed by atoms with Crippen LogP contribution in [0.2, 0.25) is 0 Å². The molecule has 0 radical (unpaired) electrons. The van der Waals surface area contributed by atoms with Gasteiger partial charge in [0.2, 0.25) is 8.87 Å². The van der Waals surface area contributed by atoms with Gasteiger partial charge in [-0.15, -0.1) is 0 Å². The smallest absolute Gasteiger partial charge is 0.227 e. The zero-order valence-corrected chi connectivity index (χ0v) is 7.68. The number of carbonyl (C=O) groups excluding carboxylic acids is 1. The van der Waals surface area contributed by atoms with Gasteiger partial charge < -0.3 is 0 Å². The standard InChI is InChI=1S/C7H6O3S2/c8-5-6-1-3-7(4-2-6)12(9,10)11/h1-5H,(H,9,10,11). The molecule has 0 aromatic heterocycles. The molecule has 0 N–H and O–H groups in total. The van der Waals surface area contributed by atoms with Gasteiger partial charge in [-0.25, -0.2) is 8.42 Å². The predicted molar refractivity (Wildman–Crippen MR) is 48.0 cm³/mol. The van der Waals surface area contributed by atoms with Crippen molar-refractivity contribution in [1.82, 2.24) is 0 Å². The van der Waals surface area contributed by atoms with E-state index < -0.39 is 8.87 Å².